The van der Waals surface area contributed by atoms with E-state index in [0.717, 1.165) is 10.8 Å². The van der Waals surface area contributed by atoms with Crippen LogP contribution in [-0.4, -0.2) is 19.2 Å². The Labute approximate surface area is 100.0 Å². The van der Waals surface area contributed by atoms with Gasteiger partial charge in [0.25, 0.3) is 0 Å². The largest absolute Gasteiger partial charge is 0.481 e. The average Bonchev–Trinajstić information content (AvgIpc) is 2.36. The summed E-state index contributed by atoms with van der Waals surface area (Å²) in [5.41, 5.74) is 0. The first kappa shape index (κ1) is 11.5. The molecule has 0 aliphatic heterocycles. The van der Waals surface area contributed by atoms with E-state index in [2.05, 4.69) is 0 Å². The summed E-state index contributed by atoms with van der Waals surface area (Å²) < 4.78 is 10.3. The lowest BCUT2D eigenvalue weighted by Crippen LogP contribution is -2.14. The van der Waals surface area contributed by atoms with Crippen LogP contribution in [-0.2, 0) is 9.53 Å². The van der Waals surface area contributed by atoms with E-state index in [1.54, 1.807) is 6.92 Å². The van der Waals surface area contributed by atoms with Gasteiger partial charge in [0.2, 0.25) is 0 Å². The van der Waals surface area contributed by atoms with Gasteiger partial charge in [0.1, 0.15) is 5.75 Å². The molecule has 0 unspecified atom stereocenters. The topological polar surface area (TPSA) is 35.5 Å². The minimum atomic E-state index is -0.347. The van der Waals surface area contributed by atoms with E-state index in [1.165, 1.54) is 0 Å². The van der Waals surface area contributed by atoms with E-state index in [4.69, 9.17) is 9.47 Å². The number of esters is 1. The highest BCUT2D eigenvalue weighted by Crippen LogP contribution is 2.24. The highest BCUT2D eigenvalue weighted by Gasteiger charge is 2.05. The molecule has 2 aromatic rings. The van der Waals surface area contributed by atoms with Crippen molar-refractivity contribution in [1.82, 2.24) is 0 Å². The Kier molecular flexibility index (Phi) is 3.60. The zero-order valence-electron chi connectivity index (χ0n) is 9.68. The second kappa shape index (κ2) is 5.34. The monoisotopic (exact) mass is 230 g/mol. The fraction of sp³-hybridized carbons (Fsp3) is 0.214. The fourth-order valence-corrected chi connectivity index (χ4v) is 1.66. The van der Waals surface area contributed by atoms with Crippen LogP contribution in [0.3, 0.4) is 0 Å². The van der Waals surface area contributed by atoms with Crippen molar-refractivity contribution in [2.45, 2.75) is 6.92 Å². The van der Waals surface area contributed by atoms with Crippen molar-refractivity contribution in [3.05, 3.63) is 42.5 Å². The Balaban J connectivity index is 2.16. The molecule has 3 heteroatoms. The molecule has 0 aliphatic rings. The molecule has 0 amide bonds. The third-order valence-corrected chi connectivity index (χ3v) is 2.40. The summed E-state index contributed by atoms with van der Waals surface area (Å²) >= 11 is 0. The second-order valence-corrected chi connectivity index (χ2v) is 3.57. The molecule has 0 N–H and O–H groups in total. The number of carbonyl (C=O) groups is 1. The second-order valence-electron chi connectivity index (χ2n) is 3.57. The van der Waals surface area contributed by atoms with Gasteiger partial charge in [-0.1, -0.05) is 36.4 Å². The summed E-state index contributed by atoms with van der Waals surface area (Å²) in [6.45, 7) is 2.09. The molecule has 0 saturated heterocycles. The van der Waals surface area contributed by atoms with Gasteiger partial charge < -0.3 is 9.47 Å². The number of hydrogen-bond donors (Lipinski definition) is 0. The Morgan fingerprint density at radius 1 is 1.12 bits per heavy atom. The van der Waals surface area contributed by atoms with Gasteiger partial charge in [-0.15, -0.1) is 0 Å². The molecule has 0 aliphatic carbocycles. The van der Waals surface area contributed by atoms with Gasteiger partial charge in [-0.25, -0.2) is 4.79 Å². The molecule has 0 saturated carbocycles. The minimum Gasteiger partial charge on any atom is -0.481 e. The van der Waals surface area contributed by atoms with Gasteiger partial charge in [0, 0.05) is 5.39 Å². The van der Waals surface area contributed by atoms with Crippen molar-refractivity contribution in [3.8, 4) is 5.75 Å². The molecule has 0 spiro atoms. The highest BCUT2D eigenvalue weighted by atomic mass is 16.6. The molecule has 17 heavy (non-hydrogen) atoms. The van der Waals surface area contributed by atoms with Crippen LogP contribution >= 0.6 is 0 Å². The summed E-state index contributed by atoms with van der Waals surface area (Å²) in [5, 5.41) is 2.09. The first-order chi connectivity index (χ1) is 8.31. The zero-order chi connectivity index (χ0) is 12.1. The van der Waals surface area contributed by atoms with Crippen LogP contribution in [0.1, 0.15) is 6.92 Å². The van der Waals surface area contributed by atoms with Gasteiger partial charge in [0.15, 0.2) is 6.61 Å². The van der Waals surface area contributed by atoms with E-state index >= 15 is 0 Å². The smallest absolute Gasteiger partial charge is 0.344 e. The normalized spacial score (nSPS) is 10.2. The van der Waals surface area contributed by atoms with Crippen molar-refractivity contribution in [1.29, 1.82) is 0 Å². The van der Waals surface area contributed by atoms with Gasteiger partial charge >= 0.3 is 5.97 Å². The Hall–Kier alpha value is -2.03. The summed E-state index contributed by atoms with van der Waals surface area (Å²) in [6.07, 6.45) is 0. The van der Waals surface area contributed by atoms with Crippen LogP contribution in [0.2, 0.25) is 0 Å². The predicted octanol–water partition coefficient (Wildman–Crippen LogP) is 2.78. The number of rotatable bonds is 4. The molecule has 0 aromatic heterocycles. The molecular formula is C14H14O3. The first-order valence-corrected chi connectivity index (χ1v) is 5.57. The SMILES string of the molecule is CCOC(=O)COc1cccc2ccccc12. The third-order valence-electron chi connectivity index (χ3n) is 2.40. The van der Waals surface area contributed by atoms with Crippen LogP contribution in [0.4, 0.5) is 0 Å². The van der Waals surface area contributed by atoms with Gasteiger partial charge in [0.05, 0.1) is 6.61 Å². The highest BCUT2D eigenvalue weighted by molar-refractivity contribution is 5.88. The number of benzene rings is 2. The number of carbonyl (C=O) groups excluding carboxylic acids is 1. The Morgan fingerprint density at radius 3 is 2.71 bits per heavy atom. The van der Waals surface area contributed by atoms with Gasteiger partial charge in [-0.05, 0) is 18.4 Å². The van der Waals surface area contributed by atoms with Crippen LogP contribution in [0, 0.1) is 0 Å². The molecular weight excluding hydrogens is 216 g/mol. The van der Waals surface area contributed by atoms with E-state index in [-0.39, 0.29) is 12.6 Å². The molecule has 0 bridgehead atoms. The fourth-order valence-electron chi connectivity index (χ4n) is 1.66. The van der Waals surface area contributed by atoms with Crippen molar-refractivity contribution in [2.24, 2.45) is 0 Å². The van der Waals surface area contributed by atoms with Crippen LogP contribution in [0.15, 0.2) is 42.5 Å². The molecule has 2 aromatic carbocycles. The van der Waals surface area contributed by atoms with Gasteiger partial charge in [-0.2, -0.15) is 0 Å². The average molecular weight is 230 g/mol. The quantitative estimate of drug-likeness (QED) is 0.758. The van der Waals surface area contributed by atoms with E-state index in [9.17, 15) is 4.79 Å². The molecule has 0 heterocycles. The Bertz CT molecular complexity index is 514. The van der Waals surface area contributed by atoms with Crippen molar-refractivity contribution < 1.29 is 14.3 Å². The van der Waals surface area contributed by atoms with Crippen molar-refractivity contribution in [2.75, 3.05) is 13.2 Å². The maximum atomic E-state index is 11.2. The van der Waals surface area contributed by atoms with Crippen molar-refractivity contribution >= 4 is 16.7 Å². The summed E-state index contributed by atoms with van der Waals surface area (Å²) in [6, 6.07) is 13.6. The number of ether oxygens (including phenoxy) is 2. The molecule has 3 nitrogen and oxygen atoms in total. The summed E-state index contributed by atoms with van der Waals surface area (Å²) in [5.74, 6) is 0.358. The van der Waals surface area contributed by atoms with E-state index in [0.29, 0.717) is 12.4 Å². The third kappa shape index (κ3) is 2.75. The van der Waals surface area contributed by atoms with Crippen LogP contribution < -0.4 is 4.74 Å². The lowest BCUT2D eigenvalue weighted by Gasteiger charge is -2.08. The van der Waals surface area contributed by atoms with E-state index in [1.807, 2.05) is 42.5 Å². The molecule has 0 radical (unpaired) electrons. The molecule has 2 rings (SSSR count). The number of hydrogen-bond acceptors (Lipinski definition) is 3. The zero-order valence-corrected chi connectivity index (χ0v) is 9.68. The summed E-state index contributed by atoms with van der Waals surface area (Å²) in [4.78, 5) is 11.2. The molecule has 0 atom stereocenters. The van der Waals surface area contributed by atoms with Crippen LogP contribution in [0.5, 0.6) is 5.75 Å². The molecule has 0 fully saturated rings. The summed E-state index contributed by atoms with van der Waals surface area (Å²) in [7, 11) is 0. The minimum absolute atomic E-state index is 0.0537. The maximum Gasteiger partial charge on any atom is 0.344 e. The lowest BCUT2D eigenvalue weighted by molar-refractivity contribution is -0.145. The standard InChI is InChI=1S/C14H14O3/c1-2-16-14(15)10-17-13-9-5-7-11-6-3-4-8-12(11)13/h3-9H,2,10H2,1H3. The van der Waals surface area contributed by atoms with Crippen LogP contribution in [0.25, 0.3) is 10.8 Å². The Morgan fingerprint density at radius 2 is 1.88 bits per heavy atom. The maximum absolute atomic E-state index is 11.2. The number of fused-ring (bicyclic) bond motifs is 1. The van der Waals surface area contributed by atoms with Gasteiger partial charge in [-0.3, -0.25) is 0 Å². The predicted molar refractivity (Wildman–Crippen MR) is 66.1 cm³/mol. The molecule has 88 valence electrons. The van der Waals surface area contributed by atoms with E-state index < -0.39 is 0 Å². The van der Waals surface area contributed by atoms with Crippen molar-refractivity contribution in [3.63, 3.8) is 0 Å². The lowest BCUT2D eigenvalue weighted by atomic mass is 10.1. The first-order valence-electron chi connectivity index (χ1n) is 5.57.